The number of rotatable bonds is 1. The van der Waals surface area contributed by atoms with Crippen molar-refractivity contribution in [3.63, 3.8) is 0 Å². The summed E-state index contributed by atoms with van der Waals surface area (Å²) in [6.45, 7) is 3.94. The summed E-state index contributed by atoms with van der Waals surface area (Å²) in [4.78, 5) is 13.8. The van der Waals surface area contributed by atoms with Gasteiger partial charge in [-0.2, -0.15) is 5.10 Å². The molecule has 1 aliphatic heterocycles. The van der Waals surface area contributed by atoms with Gasteiger partial charge in [0.2, 0.25) is 0 Å². The topological polar surface area (TPSA) is 38.1 Å². The van der Waals surface area contributed by atoms with E-state index in [-0.39, 0.29) is 5.91 Å². The second-order valence-corrected chi connectivity index (χ2v) is 3.99. The Morgan fingerprint density at radius 1 is 1.64 bits per heavy atom. The zero-order valence-electron chi connectivity index (χ0n) is 8.60. The van der Waals surface area contributed by atoms with E-state index in [0.29, 0.717) is 11.6 Å². The number of likely N-dealkylation sites (tertiary alicyclic amines) is 1. The van der Waals surface area contributed by atoms with E-state index in [1.165, 1.54) is 0 Å². The molecule has 4 nitrogen and oxygen atoms in total. The molecular formula is C10H15N3O. The van der Waals surface area contributed by atoms with Gasteiger partial charge in [-0.05, 0) is 18.4 Å². The second-order valence-electron chi connectivity index (χ2n) is 3.99. The fourth-order valence-corrected chi connectivity index (χ4v) is 1.87. The maximum absolute atomic E-state index is 11.9. The second kappa shape index (κ2) is 3.44. The van der Waals surface area contributed by atoms with Gasteiger partial charge >= 0.3 is 0 Å². The van der Waals surface area contributed by atoms with Crippen molar-refractivity contribution in [3.8, 4) is 0 Å². The minimum absolute atomic E-state index is 0.106. The SMILES string of the molecule is CC1CCN(C(=O)c2ccnn2C)C1. The van der Waals surface area contributed by atoms with Crippen molar-refractivity contribution < 1.29 is 4.79 Å². The first kappa shape index (κ1) is 9.24. The molecule has 1 fully saturated rings. The van der Waals surface area contributed by atoms with Crippen molar-refractivity contribution in [2.24, 2.45) is 13.0 Å². The molecule has 1 aromatic heterocycles. The van der Waals surface area contributed by atoms with Crippen LogP contribution in [-0.2, 0) is 7.05 Å². The van der Waals surface area contributed by atoms with Gasteiger partial charge in [0.15, 0.2) is 0 Å². The molecule has 0 spiro atoms. The first-order valence-corrected chi connectivity index (χ1v) is 4.96. The van der Waals surface area contributed by atoms with Crippen LogP contribution in [0.15, 0.2) is 12.3 Å². The summed E-state index contributed by atoms with van der Waals surface area (Å²) in [5, 5.41) is 4.00. The quantitative estimate of drug-likeness (QED) is 0.664. The summed E-state index contributed by atoms with van der Waals surface area (Å²) in [5.74, 6) is 0.738. The lowest BCUT2D eigenvalue weighted by Crippen LogP contribution is -2.30. The molecule has 2 rings (SSSR count). The Labute approximate surface area is 83.5 Å². The first-order chi connectivity index (χ1) is 6.68. The van der Waals surface area contributed by atoms with Crippen LogP contribution in [0.4, 0.5) is 0 Å². The fraction of sp³-hybridized carbons (Fsp3) is 0.600. The van der Waals surface area contributed by atoms with E-state index in [4.69, 9.17) is 0 Å². The van der Waals surface area contributed by atoms with Gasteiger partial charge in [-0.1, -0.05) is 6.92 Å². The van der Waals surface area contributed by atoms with Gasteiger partial charge in [-0.25, -0.2) is 0 Å². The highest BCUT2D eigenvalue weighted by Crippen LogP contribution is 2.17. The number of aryl methyl sites for hydroxylation is 1. The third kappa shape index (κ3) is 1.52. The third-order valence-corrected chi connectivity index (χ3v) is 2.75. The predicted molar refractivity (Wildman–Crippen MR) is 52.9 cm³/mol. The van der Waals surface area contributed by atoms with Crippen LogP contribution < -0.4 is 0 Å². The Hall–Kier alpha value is -1.32. The van der Waals surface area contributed by atoms with Gasteiger partial charge in [0.25, 0.3) is 5.91 Å². The van der Waals surface area contributed by atoms with Crippen molar-refractivity contribution in [2.75, 3.05) is 13.1 Å². The third-order valence-electron chi connectivity index (χ3n) is 2.75. The van der Waals surface area contributed by atoms with Crippen LogP contribution in [0.25, 0.3) is 0 Å². The summed E-state index contributed by atoms with van der Waals surface area (Å²) >= 11 is 0. The highest BCUT2D eigenvalue weighted by Gasteiger charge is 2.25. The zero-order chi connectivity index (χ0) is 10.1. The highest BCUT2D eigenvalue weighted by molar-refractivity contribution is 5.92. The number of nitrogens with zero attached hydrogens (tertiary/aromatic N) is 3. The summed E-state index contributed by atoms with van der Waals surface area (Å²) in [6, 6.07) is 1.77. The van der Waals surface area contributed by atoms with Gasteiger partial charge < -0.3 is 4.90 Å². The molecule has 2 heterocycles. The van der Waals surface area contributed by atoms with Gasteiger partial charge in [0, 0.05) is 26.3 Å². The number of aromatic nitrogens is 2. The number of amides is 1. The van der Waals surface area contributed by atoms with Gasteiger partial charge in [0.1, 0.15) is 5.69 Å². The van der Waals surface area contributed by atoms with Crippen molar-refractivity contribution in [2.45, 2.75) is 13.3 Å². The van der Waals surface area contributed by atoms with Crippen molar-refractivity contribution in [1.29, 1.82) is 0 Å². The largest absolute Gasteiger partial charge is 0.337 e. The Morgan fingerprint density at radius 2 is 2.43 bits per heavy atom. The van der Waals surface area contributed by atoms with E-state index in [9.17, 15) is 4.79 Å². The summed E-state index contributed by atoms with van der Waals surface area (Å²) in [7, 11) is 1.80. The van der Waals surface area contributed by atoms with Gasteiger partial charge in [0.05, 0.1) is 0 Å². The Kier molecular flexibility index (Phi) is 2.27. The molecule has 1 unspecified atom stereocenters. The molecule has 0 aromatic carbocycles. The van der Waals surface area contributed by atoms with Crippen LogP contribution in [-0.4, -0.2) is 33.7 Å². The lowest BCUT2D eigenvalue weighted by atomic mass is 10.2. The monoisotopic (exact) mass is 193 g/mol. The molecule has 0 N–H and O–H groups in total. The molecule has 1 aromatic rings. The molecule has 14 heavy (non-hydrogen) atoms. The number of hydrogen-bond donors (Lipinski definition) is 0. The average Bonchev–Trinajstić information content (AvgIpc) is 2.73. The number of carbonyl (C=O) groups is 1. The van der Waals surface area contributed by atoms with E-state index in [2.05, 4.69) is 12.0 Å². The van der Waals surface area contributed by atoms with E-state index >= 15 is 0 Å². The van der Waals surface area contributed by atoms with Crippen molar-refractivity contribution in [1.82, 2.24) is 14.7 Å². The van der Waals surface area contributed by atoms with E-state index in [1.54, 1.807) is 24.0 Å². The number of hydrogen-bond acceptors (Lipinski definition) is 2. The fourth-order valence-electron chi connectivity index (χ4n) is 1.87. The minimum Gasteiger partial charge on any atom is -0.337 e. The predicted octanol–water partition coefficient (Wildman–Crippen LogP) is 0.902. The van der Waals surface area contributed by atoms with E-state index in [1.807, 2.05) is 4.90 Å². The van der Waals surface area contributed by atoms with Crippen molar-refractivity contribution >= 4 is 5.91 Å². The smallest absolute Gasteiger partial charge is 0.272 e. The van der Waals surface area contributed by atoms with Crippen LogP contribution in [0.5, 0.6) is 0 Å². The maximum Gasteiger partial charge on any atom is 0.272 e. The zero-order valence-corrected chi connectivity index (χ0v) is 8.60. The number of carbonyl (C=O) groups excluding carboxylic acids is 1. The van der Waals surface area contributed by atoms with Crippen molar-refractivity contribution in [3.05, 3.63) is 18.0 Å². The Bertz CT molecular complexity index is 345. The molecular weight excluding hydrogens is 178 g/mol. The normalized spacial score (nSPS) is 21.6. The molecule has 0 bridgehead atoms. The lowest BCUT2D eigenvalue weighted by Gasteiger charge is -2.15. The van der Waals surface area contributed by atoms with E-state index < -0.39 is 0 Å². The molecule has 0 radical (unpaired) electrons. The molecule has 1 saturated heterocycles. The van der Waals surface area contributed by atoms with Crippen LogP contribution in [0.1, 0.15) is 23.8 Å². The standard InChI is InChI=1S/C10H15N3O/c1-8-4-6-13(7-8)10(14)9-3-5-11-12(9)2/h3,5,8H,4,6-7H2,1-2H3. The summed E-state index contributed by atoms with van der Waals surface area (Å²) in [6.07, 6.45) is 2.77. The van der Waals surface area contributed by atoms with Gasteiger partial charge in [-0.3, -0.25) is 9.48 Å². The van der Waals surface area contributed by atoms with Gasteiger partial charge in [-0.15, -0.1) is 0 Å². The van der Waals surface area contributed by atoms with Crippen LogP contribution in [0.2, 0.25) is 0 Å². The summed E-state index contributed by atoms with van der Waals surface area (Å²) in [5.41, 5.74) is 0.680. The van der Waals surface area contributed by atoms with E-state index in [0.717, 1.165) is 19.5 Å². The van der Waals surface area contributed by atoms with Crippen LogP contribution in [0, 0.1) is 5.92 Å². The van der Waals surface area contributed by atoms with Crippen LogP contribution >= 0.6 is 0 Å². The molecule has 1 aliphatic rings. The molecule has 4 heteroatoms. The Morgan fingerprint density at radius 3 is 2.93 bits per heavy atom. The molecule has 0 saturated carbocycles. The minimum atomic E-state index is 0.106. The molecule has 1 atom stereocenters. The average molecular weight is 193 g/mol. The summed E-state index contributed by atoms with van der Waals surface area (Å²) < 4.78 is 1.63. The van der Waals surface area contributed by atoms with Crippen LogP contribution in [0.3, 0.4) is 0 Å². The molecule has 0 aliphatic carbocycles. The Balaban J connectivity index is 2.13. The molecule has 76 valence electrons. The maximum atomic E-state index is 11.9. The molecule has 1 amide bonds. The highest BCUT2D eigenvalue weighted by atomic mass is 16.2. The first-order valence-electron chi connectivity index (χ1n) is 4.96. The lowest BCUT2D eigenvalue weighted by molar-refractivity contribution is 0.0777.